The van der Waals surface area contributed by atoms with Gasteiger partial charge in [-0.1, -0.05) is 6.92 Å². The Hall–Kier alpha value is -0.760. The molecule has 0 aromatic carbocycles. The monoisotopic (exact) mass is 166 g/mol. The van der Waals surface area contributed by atoms with Gasteiger partial charge in [-0.15, -0.1) is 0 Å². The molecule has 2 heteroatoms. The summed E-state index contributed by atoms with van der Waals surface area (Å²) in [6.45, 7) is 2.02. The quantitative estimate of drug-likeness (QED) is 0.747. The average Bonchev–Trinajstić information content (AvgIpc) is 2.80. The van der Waals surface area contributed by atoms with Crippen LogP contribution in [0.5, 0.6) is 0 Å². The molecular weight excluding hydrogens is 152 g/mol. The molecule has 1 aliphatic rings. The van der Waals surface area contributed by atoms with E-state index < -0.39 is 5.60 Å². The number of furan rings is 1. The molecule has 1 heterocycles. The van der Waals surface area contributed by atoms with E-state index >= 15 is 0 Å². The van der Waals surface area contributed by atoms with E-state index in [1.54, 1.807) is 12.5 Å². The van der Waals surface area contributed by atoms with Crippen molar-refractivity contribution in [1.82, 2.24) is 0 Å². The fourth-order valence-corrected chi connectivity index (χ4v) is 1.80. The molecule has 0 spiro atoms. The summed E-state index contributed by atoms with van der Waals surface area (Å²) < 4.78 is 4.98. The fraction of sp³-hybridized carbons (Fsp3) is 0.600. The third-order valence-corrected chi connectivity index (χ3v) is 2.81. The van der Waals surface area contributed by atoms with Gasteiger partial charge in [0.2, 0.25) is 0 Å². The highest BCUT2D eigenvalue weighted by Crippen LogP contribution is 2.47. The van der Waals surface area contributed by atoms with Crippen LogP contribution >= 0.6 is 0 Å². The predicted octanol–water partition coefficient (Wildman–Crippen LogP) is 2.29. The van der Waals surface area contributed by atoms with Crippen LogP contribution in [0, 0.1) is 5.92 Å². The van der Waals surface area contributed by atoms with E-state index in [-0.39, 0.29) is 0 Å². The normalized spacial score (nSPS) is 22.2. The summed E-state index contributed by atoms with van der Waals surface area (Å²) in [5.74, 6) is 0.458. The molecule has 1 saturated carbocycles. The molecule has 1 N–H and O–H groups in total. The molecule has 0 saturated heterocycles. The lowest BCUT2D eigenvalue weighted by molar-refractivity contribution is 0.00837. The van der Waals surface area contributed by atoms with Gasteiger partial charge in [0.15, 0.2) is 0 Å². The molecule has 1 atom stereocenters. The highest BCUT2D eigenvalue weighted by Gasteiger charge is 2.44. The number of hydrogen-bond donors (Lipinski definition) is 1. The van der Waals surface area contributed by atoms with Crippen molar-refractivity contribution < 1.29 is 9.52 Å². The van der Waals surface area contributed by atoms with E-state index in [4.69, 9.17) is 4.42 Å². The van der Waals surface area contributed by atoms with E-state index in [0.29, 0.717) is 5.92 Å². The van der Waals surface area contributed by atoms with Gasteiger partial charge in [0.05, 0.1) is 18.1 Å². The first-order valence-corrected chi connectivity index (χ1v) is 4.52. The Balaban J connectivity index is 2.27. The summed E-state index contributed by atoms with van der Waals surface area (Å²) in [5, 5.41) is 10.3. The van der Waals surface area contributed by atoms with Crippen LogP contribution in [0.25, 0.3) is 0 Å². The second-order valence-electron chi connectivity index (χ2n) is 3.56. The summed E-state index contributed by atoms with van der Waals surface area (Å²) >= 11 is 0. The van der Waals surface area contributed by atoms with E-state index in [0.717, 1.165) is 24.8 Å². The van der Waals surface area contributed by atoms with Crippen LogP contribution in [0.2, 0.25) is 0 Å². The molecular formula is C10H14O2. The van der Waals surface area contributed by atoms with E-state index in [1.165, 1.54) is 0 Å². The minimum Gasteiger partial charge on any atom is -0.472 e. The van der Waals surface area contributed by atoms with Crippen LogP contribution in [-0.4, -0.2) is 5.11 Å². The van der Waals surface area contributed by atoms with Crippen molar-refractivity contribution in [2.45, 2.75) is 31.8 Å². The molecule has 0 aliphatic heterocycles. The number of rotatable bonds is 3. The lowest BCUT2D eigenvalue weighted by Crippen LogP contribution is -2.26. The third-order valence-electron chi connectivity index (χ3n) is 2.81. The number of aliphatic hydroxyl groups is 1. The minimum atomic E-state index is -0.618. The van der Waals surface area contributed by atoms with Gasteiger partial charge in [-0.2, -0.15) is 0 Å². The first-order chi connectivity index (χ1) is 5.77. The largest absolute Gasteiger partial charge is 0.472 e. The van der Waals surface area contributed by atoms with Crippen molar-refractivity contribution >= 4 is 0 Å². The smallest absolute Gasteiger partial charge is 0.0963 e. The van der Waals surface area contributed by atoms with Crippen LogP contribution in [0.4, 0.5) is 0 Å². The Bertz CT molecular complexity index is 249. The van der Waals surface area contributed by atoms with Gasteiger partial charge in [-0.3, -0.25) is 0 Å². The predicted molar refractivity (Wildman–Crippen MR) is 45.6 cm³/mol. The van der Waals surface area contributed by atoms with E-state index in [2.05, 4.69) is 0 Å². The maximum atomic E-state index is 10.3. The molecule has 1 aliphatic carbocycles. The van der Waals surface area contributed by atoms with Crippen molar-refractivity contribution in [2.24, 2.45) is 5.92 Å². The molecule has 1 unspecified atom stereocenters. The van der Waals surface area contributed by atoms with Crippen LogP contribution in [-0.2, 0) is 5.60 Å². The Kier molecular flexibility index (Phi) is 1.72. The zero-order valence-electron chi connectivity index (χ0n) is 7.29. The van der Waals surface area contributed by atoms with Crippen molar-refractivity contribution in [3.8, 4) is 0 Å². The zero-order chi connectivity index (χ0) is 8.60. The maximum Gasteiger partial charge on any atom is 0.0963 e. The van der Waals surface area contributed by atoms with Crippen LogP contribution in [0.15, 0.2) is 23.0 Å². The molecule has 0 amide bonds. The van der Waals surface area contributed by atoms with E-state index in [1.807, 2.05) is 13.0 Å². The standard InChI is InChI=1S/C10H14O2/c1-2-10(11,8-3-4-8)9-5-6-12-7-9/h5-8,11H,2-4H2,1H3. The van der Waals surface area contributed by atoms with Crippen molar-refractivity contribution in [1.29, 1.82) is 0 Å². The van der Waals surface area contributed by atoms with Crippen molar-refractivity contribution in [3.63, 3.8) is 0 Å². The molecule has 1 fully saturated rings. The van der Waals surface area contributed by atoms with Gasteiger partial charge in [0.25, 0.3) is 0 Å². The summed E-state index contributed by atoms with van der Waals surface area (Å²) in [6.07, 6.45) is 6.35. The molecule has 1 aromatic heterocycles. The molecule has 2 nitrogen and oxygen atoms in total. The minimum absolute atomic E-state index is 0.458. The molecule has 0 bridgehead atoms. The highest BCUT2D eigenvalue weighted by atomic mass is 16.3. The van der Waals surface area contributed by atoms with Crippen LogP contribution in [0.1, 0.15) is 31.7 Å². The molecule has 12 heavy (non-hydrogen) atoms. The Morgan fingerprint density at radius 3 is 2.83 bits per heavy atom. The van der Waals surface area contributed by atoms with Crippen LogP contribution in [0.3, 0.4) is 0 Å². The van der Waals surface area contributed by atoms with Gasteiger partial charge >= 0.3 is 0 Å². The summed E-state index contributed by atoms with van der Waals surface area (Å²) in [5.41, 5.74) is 0.319. The topological polar surface area (TPSA) is 33.4 Å². The first kappa shape index (κ1) is 7.87. The lowest BCUT2D eigenvalue weighted by Gasteiger charge is -2.25. The second-order valence-corrected chi connectivity index (χ2v) is 3.56. The summed E-state index contributed by atoms with van der Waals surface area (Å²) in [6, 6.07) is 1.86. The zero-order valence-corrected chi connectivity index (χ0v) is 7.29. The molecule has 2 rings (SSSR count). The SMILES string of the molecule is CCC(O)(c1ccoc1)C1CC1. The lowest BCUT2D eigenvalue weighted by atomic mass is 9.88. The first-order valence-electron chi connectivity index (χ1n) is 4.52. The van der Waals surface area contributed by atoms with E-state index in [9.17, 15) is 5.11 Å². The van der Waals surface area contributed by atoms with Crippen molar-refractivity contribution in [3.05, 3.63) is 24.2 Å². The summed E-state index contributed by atoms with van der Waals surface area (Å²) in [7, 11) is 0. The van der Waals surface area contributed by atoms with Gasteiger partial charge in [0, 0.05) is 5.56 Å². The van der Waals surface area contributed by atoms with Crippen LogP contribution < -0.4 is 0 Å². The Morgan fingerprint density at radius 2 is 2.42 bits per heavy atom. The van der Waals surface area contributed by atoms with Gasteiger partial charge < -0.3 is 9.52 Å². The molecule has 1 aromatic rings. The average molecular weight is 166 g/mol. The number of hydrogen-bond acceptors (Lipinski definition) is 2. The van der Waals surface area contributed by atoms with Gasteiger partial charge in [0.1, 0.15) is 0 Å². The summed E-state index contributed by atoms with van der Waals surface area (Å²) in [4.78, 5) is 0. The van der Waals surface area contributed by atoms with Gasteiger partial charge in [-0.25, -0.2) is 0 Å². The van der Waals surface area contributed by atoms with Crippen molar-refractivity contribution in [2.75, 3.05) is 0 Å². The molecule has 66 valence electrons. The van der Waals surface area contributed by atoms with Gasteiger partial charge in [-0.05, 0) is 31.2 Å². The third kappa shape index (κ3) is 1.07. The maximum absolute atomic E-state index is 10.3. The fourth-order valence-electron chi connectivity index (χ4n) is 1.80. The Morgan fingerprint density at radius 1 is 1.67 bits per heavy atom. The highest BCUT2D eigenvalue weighted by molar-refractivity contribution is 5.19. The second kappa shape index (κ2) is 2.63. The Labute approximate surface area is 72.2 Å². The molecule has 0 radical (unpaired) electrons.